The first-order valence-electron chi connectivity index (χ1n) is 14.7. The summed E-state index contributed by atoms with van der Waals surface area (Å²) in [5, 5.41) is 9.59. The van der Waals surface area contributed by atoms with Gasteiger partial charge in [0.2, 0.25) is 0 Å². The van der Waals surface area contributed by atoms with Crippen molar-refractivity contribution >= 4 is 76.6 Å². The second kappa shape index (κ2) is 8.79. The molecule has 1 atom stereocenters. The Morgan fingerprint density at radius 2 is 1.30 bits per heavy atom. The topological polar surface area (TPSA) is 13.1 Å². The third-order valence-corrected chi connectivity index (χ3v) is 18.4. The van der Waals surface area contributed by atoms with Crippen LogP contribution in [0.25, 0.3) is 43.6 Å². The minimum Gasteiger partial charge on any atom is -0.455 e. The molecular formula is C39H33OPS2. The summed E-state index contributed by atoms with van der Waals surface area (Å²) < 4.78 is 6.95. The predicted octanol–water partition coefficient (Wildman–Crippen LogP) is 10.1. The smallest absolute Gasteiger partial charge is 0.148 e. The van der Waals surface area contributed by atoms with Crippen LogP contribution in [0.4, 0.5) is 0 Å². The zero-order chi connectivity index (χ0) is 29.2. The molecule has 0 spiro atoms. The second-order valence-electron chi connectivity index (χ2n) is 12.7. The van der Waals surface area contributed by atoms with Crippen molar-refractivity contribution in [2.24, 2.45) is 0 Å². The minimum absolute atomic E-state index is 0.830. The van der Waals surface area contributed by atoms with E-state index in [9.17, 15) is 0 Å². The minimum atomic E-state index is -1.27. The zero-order valence-corrected chi connectivity index (χ0v) is 27.6. The largest absolute Gasteiger partial charge is 0.455 e. The van der Waals surface area contributed by atoms with E-state index in [2.05, 4.69) is 141 Å². The summed E-state index contributed by atoms with van der Waals surface area (Å²) in [5.74, 6) is 0. The predicted molar refractivity (Wildman–Crippen MR) is 192 cm³/mol. The molecular weight excluding hydrogens is 580 g/mol. The Labute approximate surface area is 257 Å². The average Bonchev–Trinajstić information content (AvgIpc) is 3.41. The highest BCUT2D eigenvalue weighted by atomic mass is 32.3. The van der Waals surface area contributed by atoms with E-state index in [1.165, 1.54) is 64.2 Å². The van der Waals surface area contributed by atoms with Gasteiger partial charge in [-0.2, -0.15) is 20.1 Å². The molecule has 0 radical (unpaired) electrons. The lowest BCUT2D eigenvalue weighted by Crippen LogP contribution is -2.37. The molecule has 6 aromatic carbocycles. The van der Waals surface area contributed by atoms with Gasteiger partial charge in [-0.25, -0.2) is 0 Å². The first-order chi connectivity index (χ1) is 20.7. The first-order valence-corrected chi connectivity index (χ1v) is 21.0. The number of para-hydroxylation sites is 1. The van der Waals surface area contributed by atoms with E-state index in [0.717, 1.165) is 5.58 Å². The quantitative estimate of drug-likeness (QED) is 0.133. The highest BCUT2D eigenvalue weighted by molar-refractivity contribution is 8.35. The molecule has 2 aliphatic rings. The molecule has 2 aliphatic heterocycles. The van der Waals surface area contributed by atoms with Crippen molar-refractivity contribution in [1.82, 2.24) is 0 Å². The van der Waals surface area contributed by atoms with Crippen LogP contribution >= 0.6 is 28.0 Å². The third kappa shape index (κ3) is 3.42. The van der Waals surface area contributed by atoms with E-state index in [1.54, 1.807) is 15.1 Å². The molecule has 9 rings (SSSR count). The third-order valence-electron chi connectivity index (χ3n) is 9.60. The fraction of sp³-hybridized carbons (Fsp3) is 0.128. The van der Waals surface area contributed by atoms with E-state index >= 15 is 0 Å². The number of furan rings is 1. The van der Waals surface area contributed by atoms with Gasteiger partial charge in [-0.05, 0) is 101 Å². The Morgan fingerprint density at radius 1 is 0.581 bits per heavy atom. The molecule has 4 heteroatoms. The molecule has 7 aromatic rings. The lowest BCUT2D eigenvalue weighted by atomic mass is 9.95. The SMILES string of the molecule is Cc1cc2c3c(c1)S(C)(C)c1c(oc4ccccc14)P3c1cc(-c3cccc4c3ccc3ccccc34)ccc1S2(C)C. The fourth-order valence-electron chi connectivity index (χ4n) is 7.50. The summed E-state index contributed by atoms with van der Waals surface area (Å²) in [6.45, 7) is 2.29. The van der Waals surface area contributed by atoms with Crippen molar-refractivity contribution < 1.29 is 4.42 Å². The molecule has 3 heterocycles. The van der Waals surface area contributed by atoms with Gasteiger partial charge in [-0.3, -0.25) is 0 Å². The van der Waals surface area contributed by atoms with Crippen molar-refractivity contribution in [2.45, 2.75) is 26.5 Å². The van der Waals surface area contributed by atoms with Crippen molar-refractivity contribution in [1.29, 1.82) is 0 Å². The van der Waals surface area contributed by atoms with Crippen LogP contribution < -0.4 is 16.1 Å². The van der Waals surface area contributed by atoms with Crippen LogP contribution in [0.5, 0.6) is 0 Å². The summed E-state index contributed by atoms with van der Waals surface area (Å²) in [7, 11) is -3.32. The van der Waals surface area contributed by atoms with Gasteiger partial charge in [-0.1, -0.05) is 78.9 Å². The van der Waals surface area contributed by atoms with Crippen LogP contribution in [-0.4, -0.2) is 25.0 Å². The molecule has 0 N–H and O–H groups in total. The van der Waals surface area contributed by atoms with E-state index in [1.807, 2.05) is 0 Å². The van der Waals surface area contributed by atoms with Crippen LogP contribution in [-0.2, 0) is 0 Å². The van der Waals surface area contributed by atoms with Crippen molar-refractivity contribution in [3.05, 3.63) is 115 Å². The highest BCUT2D eigenvalue weighted by Crippen LogP contribution is 2.71. The summed E-state index contributed by atoms with van der Waals surface area (Å²) in [6.07, 6.45) is 10.00. The molecule has 0 aliphatic carbocycles. The van der Waals surface area contributed by atoms with E-state index in [-0.39, 0.29) is 0 Å². The zero-order valence-electron chi connectivity index (χ0n) is 25.1. The monoisotopic (exact) mass is 612 g/mol. The Bertz CT molecular complexity index is 2330. The number of hydrogen-bond acceptors (Lipinski definition) is 1. The molecule has 0 fully saturated rings. The van der Waals surface area contributed by atoms with Gasteiger partial charge < -0.3 is 4.42 Å². The van der Waals surface area contributed by atoms with Crippen molar-refractivity contribution in [3.63, 3.8) is 0 Å². The first kappa shape index (κ1) is 26.0. The van der Waals surface area contributed by atoms with E-state index < -0.39 is 28.0 Å². The lowest BCUT2D eigenvalue weighted by molar-refractivity contribution is 0.648. The molecule has 1 nitrogen and oxygen atoms in total. The number of benzene rings is 6. The number of fused-ring (bicyclic) bond motifs is 9. The summed E-state index contributed by atoms with van der Waals surface area (Å²) in [6, 6.07) is 41.2. The Balaban J connectivity index is 1.36. The maximum Gasteiger partial charge on any atom is 0.148 e. The number of rotatable bonds is 1. The molecule has 0 saturated heterocycles. The Kier molecular flexibility index (Phi) is 5.31. The molecule has 212 valence electrons. The standard InChI is InChI=1S/C39H33OPS2/c1-24-21-35-37-36(22-24)43(4,5)38-31-13-8-9-16-32(31)40-39(38)41(37)33-23-26(18-20-34(33)42(35,2)3)28-14-10-15-29-27-12-7-6-11-25(27)17-19-30(28)29/h6-23H,1-5H3. The van der Waals surface area contributed by atoms with Crippen LogP contribution in [0, 0.1) is 6.92 Å². The second-order valence-corrected chi connectivity index (χ2v) is 21.7. The molecule has 0 amide bonds. The van der Waals surface area contributed by atoms with Crippen molar-refractivity contribution in [2.75, 3.05) is 25.0 Å². The Hall–Kier alpha value is -3.49. The van der Waals surface area contributed by atoms with Gasteiger partial charge in [0.1, 0.15) is 11.1 Å². The fourth-order valence-corrected chi connectivity index (χ4v) is 18.5. The van der Waals surface area contributed by atoms with Gasteiger partial charge in [0.05, 0.1) is 0 Å². The van der Waals surface area contributed by atoms with Crippen LogP contribution in [0.2, 0.25) is 0 Å². The molecule has 43 heavy (non-hydrogen) atoms. The summed E-state index contributed by atoms with van der Waals surface area (Å²) in [5.41, 5.74) is 6.23. The van der Waals surface area contributed by atoms with Gasteiger partial charge in [0.25, 0.3) is 0 Å². The molecule has 0 saturated carbocycles. The Morgan fingerprint density at radius 3 is 2.14 bits per heavy atom. The van der Waals surface area contributed by atoms with Gasteiger partial charge in [-0.15, -0.1) is 0 Å². The molecule has 0 bridgehead atoms. The van der Waals surface area contributed by atoms with E-state index in [4.69, 9.17) is 4.42 Å². The van der Waals surface area contributed by atoms with Crippen molar-refractivity contribution in [3.8, 4) is 11.1 Å². The average molecular weight is 613 g/mol. The molecule has 1 aromatic heterocycles. The van der Waals surface area contributed by atoms with Gasteiger partial charge >= 0.3 is 0 Å². The maximum absolute atomic E-state index is 6.95. The summed E-state index contributed by atoms with van der Waals surface area (Å²) in [4.78, 5) is 6.11. The maximum atomic E-state index is 6.95. The lowest BCUT2D eigenvalue weighted by Gasteiger charge is -2.49. The summed E-state index contributed by atoms with van der Waals surface area (Å²) >= 11 is 0. The van der Waals surface area contributed by atoms with Crippen LogP contribution in [0.15, 0.2) is 133 Å². The number of aryl methyl sites for hydroxylation is 1. The van der Waals surface area contributed by atoms with Gasteiger partial charge in [0.15, 0.2) is 0 Å². The normalized spacial score (nSPS) is 19.0. The van der Waals surface area contributed by atoms with Crippen LogP contribution in [0.3, 0.4) is 0 Å². The number of hydrogen-bond donors (Lipinski definition) is 0. The highest BCUT2D eigenvalue weighted by Gasteiger charge is 2.47. The van der Waals surface area contributed by atoms with Crippen LogP contribution in [0.1, 0.15) is 5.56 Å². The van der Waals surface area contributed by atoms with E-state index in [0.29, 0.717) is 0 Å². The molecule has 1 unspecified atom stereocenters. The van der Waals surface area contributed by atoms with Gasteiger partial charge in [0, 0.05) is 43.5 Å².